The first kappa shape index (κ1) is 14.5. The van der Waals surface area contributed by atoms with Crippen molar-refractivity contribution >= 4 is 5.91 Å². The Hall–Kier alpha value is -1.55. The van der Waals surface area contributed by atoms with Crippen molar-refractivity contribution in [2.24, 2.45) is 0 Å². The Morgan fingerprint density at radius 3 is 2.89 bits per heavy atom. The minimum Gasteiger partial charge on any atom is -0.493 e. The largest absolute Gasteiger partial charge is 0.493 e. The Morgan fingerprint density at radius 2 is 2.17 bits per heavy atom. The molecule has 1 rings (SSSR count). The van der Waals surface area contributed by atoms with Gasteiger partial charge in [0.15, 0.2) is 0 Å². The van der Waals surface area contributed by atoms with Crippen molar-refractivity contribution < 1.29 is 14.6 Å². The molecular weight excluding hydrogens is 230 g/mol. The normalized spacial score (nSPS) is 10.2. The van der Waals surface area contributed by atoms with Gasteiger partial charge < -0.3 is 15.2 Å². The molecule has 100 valence electrons. The number of carbonyl (C=O) groups excluding carboxylic acids is 1. The van der Waals surface area contributed by atoms with E-state index in [4.69, 9.17) is 9.84 Å². The lowest BCUT2D eigenvalue weighted by Gasteiger charge is -2.10. The zero-order chi connectivity index (χ0) is 13.4. The topological polar surface area (TPSA) is 58.6 Å². The first-order valence-electron chi connectivity index (χ1n) is 6.21. The standard InChI is InChI=1S/C14H21NO3/c1-11-4-5-12(2)13(10-11)18-9-6-14(17)15-7-3-8-16/h4-5,10,16H,3,6-9H2,1-2H3,(H,15,17). The summed E-state index contributed by atoms with van der Waals surface area (Å²) in [5, 5.41) is 11.3. The summed E-state index contributed by atoms with van der Waals surface area (Å²) in [6.45, 7) is 4.97. The maximum atomic E-state index is 11.4. The summed E-state index contributed by atoms with van der Waals surface area (Å²) in [6.07, 6.45) is 0.919. The van der Waals surface area contributed by atoms with Gasteiger partial charge in [-0.05, 0) is 37.5 Å². The van der Waals surface area contributed by atoms with E-state index in [9.17, 15) is 4.79 Å². The molecule has 0 saturated heterocycles. The van der Waals surface area contributed by atoms with E-state index in [1.54, 1.807) is 0 Å². The highest BCUT2D eigenvalue weighted by Gasteiger charge is 2.03. The van der Waals surface area contributed by atoms with Crippen molar-refractivity contribution in [3.8, 4) is 5.75 Å². The number of carbonyl (C=O) groups is 1. The smallest absolute Gasteiger partial charge is 0.223 e. The van der Waals surface area contributed by atoms with Gasteiger partial charge in [-0.3, -0.25) is 4.79 Å². The lowest BCUT2D eigenvalue weighted by molar-refractivity contribution is -0.121. The molecule has 0 radical (unpaired) electrons. The van der Waals surface area contributed by atoms with Crippen LogP contribution in [0, 0.1) is 13.8 Å². The van der Waals surface area contributed by atoms with E-state index in [-0.39, 0.29) is 12.5 Å². The zero-order valence-electron chi connectivity index (χ0n) is 11.0. The third-order valence-electron chi connectivity index (χ3n) is 2.59. The van der Waals surface area contributed by atoms with Gasteiger partial charge in [-0.15, -0.1) is 0 Å². The summed E-state index contributed by atoms with van der Waals surface area (Å²) in [4.78, 5) is 11.4. The van der Waals surface area contributed by atoms with Gasteiger partial charge in [0.25, 0.3) is 0 Å². The van der Waals surface area contributed by atoms with E-state index in [2.05, 4.69) is 5.32 Å². The average molecular weight is 251 g/mol. The van der Waals surface area contributed by atoms with Crippen LogP contribution in [-0.4, -0.2) is 30.8 Å². The summed E-state index contributed by atoms with van der Waals surface area (Å²) in [5.41, 5.74) is 2.21. The predicted octanol–water partition coefficient (Wildman–Crippen LogP) is 1.57. The highest BCUT2D eigenvalue weighted by molar-refractivity contribution is 5.75. The Kier molecular flexibility index (Phi) is 6.22. The molecule has 1 aromatic carbocycles. The van der Waals surface area contributed by atoms with Crippen LogP contribution in [0.2, 0.25) is 0 Å². The Balaban J connectivity index is 2.28. The first-order valence-corrected chi connectivity index (χ1v) is 6.21. The monoisotopic (exact) mass is 251 g/mol. The molecule has 0 unspecified atom stereocenters. The van der Waals surface area contributed by atoms with Crippen LogP contribution < -0.4 is 10.1 Å². The minimum atomic E-state index is -0.0474. The summed E-state index contributed by atoms with van der Waals surface area (Å²) >= 11 is 0. The van der Waals surface area contributed by atoms with Crippen LogP contribution in [0.15, 0.2) is 18.2 Å². The summed E-state index contributed by atoms with van der Waals surface area (Å²) in [5.74, 6) is 0.784. The van der Waals surface area contributed by atoms with Gasteiger partial charge in [0.2, 0.25) is 5.91 Å². The molecule has 0 aliphatic heterocycles. The second kappa shape index (κ2) is 7.71. The number of hydrogen-bond donors (Lipinski definition) is 2. The number of rotatable bonds is 7. The molecule has 0 fully saturated rings. The van der Waals surface area contributed by atoms with E-state index in [1.165, 1.54) is 0 Å². The van der Waals surface area contributed by atoms with Crippen molar-refractivity contribution in [1.82, 2.24) is 5.32 Å². The highest BCUT2D eigenvalue weighted by atomic mass is 16.5. The van der Waals surface area contributed by atoms with Crippen LogP contribution in [-0.2, 0) is 4.79 Å². The SMILES string of the molecule is Cc1ccc(C)c(OCCC(=O)NCCCO)c1. The molecule has 0 aliphatic carbocycles. The Labute approximate surface area is 108 Å². The Bertz CT molecular complexity index is 391. The van der Waals surface area contributed by atoms with E-state index in [1.807, 2.05) is 32.0 Å². The maximum absolute atomic E-state index is 11.4. The van der Waals surface area contributed by atoms with Crippen molar-refractivity contribution in [2.75, 3.05) is 19.8 Å². The second-order valence-corrected chi connectivity index (χ2v) is 4.29. The highest BCUT2D eigenvalue weighted by Crippen LogP contribution is 2.19. The number of nitrogens with one attached hydrogen (secondary N) is 1. The van der Waals surface area contributed by atoms with Crippen molar-refractivity contribution in [1.29, 1.82) is 0 Å². The fourth-order valence-corrected chi connectivity index (χ4v) is 1.51. The Morgan fingerprint density at radius 1 is 1.39 bits per heavy atom. The molecule has 0 spiro atoms. The number of aryl methyl sites for hydroxylation is 2. The van der Waals surface area contributed by atoms with Crippen LogP contribution in [0.25, 0.3) is 0 Å². The molecule has 0 aromatic heterocycles. The van der Waals surface area contributed by atoms with Crippen molar-refractivity contribution in [3.63, 3.8) is 0 Å². The van der Waals surface area contributed by atoms with Crippen LogP contribution in [0.5, 0.6) is 5.75 Å². The fraction of sp³-hybridized carbons (Fsp3) is 0.500. The van der Waals surface area contributed by atoms with E-state index < -0.39 is 0 Å². The van der Waals surface area contributed by atoms with Gasteiger partial charge in [-0.1, -0.05) is 12.1 Å². The molecule has 0 saturated carbocycles. The van der Waals surface area contributed by atoms with Gasteiger partial charge in [0.05, 0.1) is 13.0 Å². The number of amides is 1. The molecule has 1 amide bonds. The first-order chi connectivity index (χ1) is 8.63. The number of aliphatic hydroxyl groups is 1. The summed E-state index contributed by atoms with van der Waals surface area (Å²) < 4.78 is 5.58. The minimum absolute atomic E-state index is 0.0474. The van der Waals surface area contributed by atoms with Gasteiger partial charge in [0.1, 0.15) is 5.75 Å². The van der Waals surface area contributed by atoms with Gasteiger partial charge in [0, 0.05) is 13.2 Å². The van der Waals surface area contributed by atoms with Crippen LogP contribution in [0.3, 0.4) is 0 Å². The van der Waals surface area contributed by atoms with Gasteiger partial charge in [-0.25, -0.2) is 0 Å². The number of benzene rings is 1. The van der Waals surface area contributed by atoms with Gasteiger partial charge in [-0.2, -0.15) is 0 Å². The molecule has 4 heteroatoms. The van der Waals surface area contributed by atoms with Crippen LogP contribution in [0.4, 0.5) is 0 Å². The number of ether oxygens (including phenoxy) is 1. The van der Waals surface area contributed by atoms with E-state index >= 15 is 0 Å². The van der Waals surface area contributed by atoms with Crippen molar-refractivity contribution in [2.45, 2.75) is 26.7 Å². The fourth-order valence-electron chi connectivity index (χ4n) is 1.51. The molecule has 4 nitrogen and oxygen atoms in total. The predicted molar refractivity (Wildman–Crippen MR) is 70.7 cm³/mol. The average Bonchev–Trinajstić information content (AvgIpc) is 2.34. The number of aliphatic hydroxyl groups excluding tert-OH is 1. The molecule has 0 atom stereocenters. The molecule has 0 bridgehead atoms. The molecule has 1 aromatic rings. The second-order valence-electron chi connectivity index (χ2n) is 4.29. The number of hydrogen-bond acceptors (Lipinski definition) is 3. The van der Waals surface area contributed by atoms with Crippen LogP contribution >= 0.6 is 0 Å². The van der Waals surface area contributed by atoms with E-state index in [0.29, 0.717) is 26.0 Å². The molecule has 2 N–H and O–H groups in total. The third-order valence-corrected chi connectivity index (χ3v) is 2.59. The zero-order valence-corrected chi connectivity index (χ0v) is 11.0. The van der Waals surface area contributed by atoms with E-state index in [0.717, 1.165) is 16.9 Å². The maximum Gasteiger partial charge on any atom is 0.223 e. The molecular formula is C14H21NO3. The lowest BCUT2D eigenvalue weighted by Crippen LogP contribution is -2.26. The van der Waals surface area contributed by atoms with Crippen molar-refractivity contribution in [3.05, 3.63) is 29.3 Å². The molecule has 0 heterocycles. The molecule has 0 aliphatic rings. The molecule has 18 heavy (non-hydrogen) atoms. The summed E-state index contributed by atoms with van der Waals surface area (Å²) in [7, 11) is 0. The van der Waals surface area contributed by atoms with Gasteiger partial charge >= 0.3 is 0 Å². The van der Waals surface area contributed by atoms with Crippen LogP contribution in [0.1, 0.15) is 24.0 Å². The third kappa shape index (κ3) is 5.19. The summed E-state index contributed by atoms with van der Waals surface area (Å²) in [6, 6.07) is 6.01. The quantitative estimate of drug-likeness (QED) is 0.723. The lowest BCUT2D eigenvalue weighted by atomic mass is 10.1.